The van der Waals surface area contributed by atoms with E-state index in [2.05, 4.69) is 4.90 Å². The first-order valence-corrected chi connectivity index (χ1v) is 12.3. The molecule has 0 bridgehead atoms. The first-order chi connectivity index (χ1) is 15.4. The Morgan fingerprint density at radius 3 is 2.16 bits per heavy atom. The van der Waals surface area contributed by atoms with E-state index in [1.54, 1.807) is 23.9 Å². The van der Waals surface area contributed by atoms with Crippen molar-refractivity contribution in [2.24, 2.45) is 0 Å². The highest BCUT2D eigenvalue weighted by atomic mass is 35.5. The lowest BCUT2D eigenvalue weighted by atomic mass is 9.98. The number of benzene rings is 3. The van der Waals surface area contributed by atoms with Crippen molar-refractivity contribution in [3.63, 3.8) is 0 Å². The van der Waals surface area contributed by atoms with Gasteiger partial charge in [0.1, 0.15) is 5.82 Å². The number of nitrogens with zero attached hydrogens (tertiary/aromatic N) is 2. The topological polar surface area (TPSA) is 23.6 Å². The number of amides is 1. The first-order valence-electron chi connectivity index (χ1n) is 10.3. The SMILES string of the molecule is CSc1ccc(-c2ccc(F)cc2)c(C(=O)N2CCN(c3cc(Cl)c(C)c(Cl)c3)CC2)c1. The molecule has 1 aliphatic rings. The third-order valence-electron chi connectivity index (χ3n) is 5.81. The fourth-order valence-corrected chi connectivity index (χ4v) is 4.78. The van der Waals surface area contributed by atoms with Gasteiger partial charge in [0.25, 0.3) is 5.91 Å². The van der Waals surface area contributed by atoms with Crippen LogP contribution in [0.4, 0.5) is 10.1 Å². The van der Waals surface area contributed by atoms with Crippen molar-refractivity contribution in [3.8, 4) is 11.1 Å². The van der Waals surface area contributed by atoms with Gasteiger partial charge in [-0.1, -0.05) is 41.4 Å². The molecule has 0 spiro atoms. The largest absolute Gasteiger partial charge is 0.368 e. The van der Waals surface area contributed by atoms with Crippen molar-refractivity contribution in [3.05, 3.63) is 81.6 Å². The number of hydrogen-bond donors (Lipinski definition) is 0. The summed E-state index contributed by atoms with van der Waals surface area (Å²) in [6.07, 6.45) is 1.98. The third kappa shape index (κ3) is 4.75. The summed E-state index contributed by atoms with van der Waals surface area (Å²) in [6, 6.07) is 16.0. The van der Waals surface area contributed by atoms with E-state index in [0.29, 0.717) is 41.8 Å². The number of thioether (sulfide) groups is 1. The molecule has 4 rings (SSSR count). The molecule has 7 heteroatoms. The Kier molecular flexibility index (Phi) is 6.99. The van der Waals surface area contributed by atoms with Crippen LogP contribution in [0, 0.1) is 12.7 Å². The van der Waals surface area contributed by atoms with Crippen molar-refractivity contribution in [1.82, 2.24) is 4.90 Å². The maximum Gasteiger partial charge on any atom is 0.254 e. The van der Waals surface area contributed by atoms with Crippen LogP contribution in [0.15, 0.2) is 59.5 Å². The summed E-state index contributed by atoms with van der Waals surface area (Å²) in [6.45, 7) is 4.46. The number of carbonyl (C=O) groups is 1. The van der Waals surface area contributed by atoms with Gasteiger partial charge < -0.3 is 9.80 Å². The molecule has 1 amide bonds. The van der Waals surface area contributed by atoms with Gasteiger partial charge >= 0.3 is 0 Å². The fourth-order valence-electron chi connectivity index (χ4n) is 3.86. The minimum Gasteiger partial charge on any atom is -0.368 e. The Morgan fingerprint density at radius 1 is 0.938 bits per heavy atom. The van der Waals surface area contributed by atoms with Gasteiger partial charge in [-0.05, 0) is 66.3 Å². The number of carbonyl (C=O) groups excluding carboxylic acids is 1. The van der Waals surface area contributed by atoms with Gasteiger partial charge in [-0.3, -0.25) is 4.79 Å². The maximum absolute atomic E-state index is 13.5. The van der Waals surface area contributed by atoms with Crippen LogP contribution < -0.4 is 4.90 Å². The minimum atomic E-state index is -0.296. The standard InChI is InChI=1S/C25H23Cl2FN2OS/c1-16-23(26)13-19(14-24(16)27)29-9-11-30(12-10-29)25(31)22-15-20(32-2)7-8-21(22)17-3-5-18(28)6-4-17/h3-8,13-15H,9-12H2,1-2H3. The number of rotatable bonds is 4. The van der Waals surface area contributed by atoms with Gasteiger partial charge in [-0.2, -0.15) is 0 Å². The quantitative estimate of drug-likeness (QED) is 0.377. The molecule has 0 aliphatic carbocycles. The molecule has 1 aliphatic heterocycles. The number of piperazine rings is 1. The van der Waals surface area contributed by atoms with E-state index in [0.717, 1.165) is 27.3 Å². The van der Waals surface area contributed by atoms with Crippen LogP contribution in [-0.2, 0) is 0 Å². The summed E-state index contributed by atoms with van der Waals surface area (Å²) >= 11 is 14.2. The molecule has 166 valence electrons. The zero-order valence-electron chi connectivity index (χ0n) is 17.9. The molecule has 0 saturated carbocycles. The van der Waals surface area contributed by atoms with E-state index in [9.17, 15) is 9.18 Å². The Hall–Kier alpha value is -2.21. The second kappa shape index (κ2) is 9.74. The van der Waals surface area contributed by atoms with E-state index >= 15 is 0 Å². The number of anilines is 1. The van der Waals surface area contributed by atoms with E-state index in [-0.39, 0.29) is 11.7 Å². The van der Waals surface area contributed by atoms with E-state index in [4.69, 9.17) is 23.2 Å². The molecule has 1 heterocycles. The second-order valence-electron chi connectivity index (χ2n) is 7.73. The van der Waals surface area contributed by atoms with Gasteiger partial charge in [-0.15, -0.1) is 11.8 Å². The van der Waals surface area contributed by atoms with E-state index in [1.165, 1.54) is 12.1 Å². The summed E-state index contributed by atoms with van der Waals surface area (Å²) in [7, 11) is 0. The molecule has 0 N–H and O–H groups in total. The fraction of sp³-hybridized carbons (Fsp3) is 0.240. The second-order valence-corrected chi connectivity index (χ2v) is 9.43. The zero-order valence-corrected chi connectivity index (χ0v) is 20.2. The van der Waals surface area contributed by atoms with E-state index in [1.807, 2.05) is 48.4 Å². The molecule has 0 radical (unpaired) electrons. The van der Waals surface area contributed by atoms with Gasteiger partial charge in [-0.25, -0.2) is 4.39 Å². The van der Waals surface area contributed by atoms with Crippen LogP contribution >= 0.6 is 35.0 Å². The molecule has 0 unspecified atom stereocenters. The highest BCUT2D eigenvalue weighted by Gasteiger charge is 2.25. The summed E-state index contributed by atoms with van der Waals surface area (Å²) in [5.74, 6) is -0.311. The van der Waals surface area contributed by atoms with E-state index < -0.39 is 0 Å². The minimum absolute atomic E-state index is 0.0140. The molecule has 0 aromatic heterocycles. The summed E-state index contributed by atoms with van der Waals surface area (Å²) in [5, 5.41) is 1.28. The lowest BCUT2D eigenvalue weighted by molar-refractivity contribution is 0.0747. The van der Waals surface area contributed by atoms with Gasteiger partial charge in [0.2, 0.25) is 0 Å². The molecule has 3 nitrogen and oxygen atoms in total. The highest BCUT2D eigenvalue weighted by Crippen LogP contribution is 2.32. The molecule has 0 atom stereocenters. The molecule has 3 aromatic carbocycles. The lowest BCUT2D eigenvalue weighted by Gasteiger charge is -2.36. The molecule has 1 fully saturated rings. The average molecular weight is 489 g/mol. The molecule has 3 aromatic rings. The average Bonchev–Trinajstić information content (AvgIpc) is 2.82. The van der Waals surface area contributed by atoms with Crippen LogP contribution in [0.2, 0.25) is 10.0 Å². The zero-order chi connectivity index (χ0) is 22.8. The van der Waals surface area contributed by atoms with Crippen molar-refractivity contribution in [1.29, 1.82) is 0 Å². The summed E-state index contributed by atoms with van der Waals surface area (Å²) in [5.41, 5.74) is 4.11. The van der Waals surface area contributed by atoms with Crippen LogP contribution in [0.3, 0.4) is 0 Å². The van der Waals surface area contributed by atoms with Gasteiger partial charge in [0.15, 0.2) is 0 Å². The Morgan fingerprint density at radius 2 is 1.56 bits per heavy atom. The van der Waals surface area contributed by atoms with Crippen LogP contribution in [0.25, 0.3) is 11.1 Å². The van der Waals surface area contributed by atoms with Crippen molar-refractivity contribution >= 4 is 46.6 Å². The van der Waals surface area contributed by atoms with Gasteiger partial charge in [0.05, 0.1) is 0 Å². The van der Waals surface area contributed by atoms with Gasteiger partial charge in [0, 0.05) is 52.4 Å². The normalized spacial score (nSPS) is 14.0. The Balaban J connectivity index is 1.56. The Labute approximate surface area is 202 Å². The number of halogens is 3. The van der Waals surface area contributed by atoms with Crippen LogP contribution in [-0.4, -0.2) is 43.2 Å². The number of hydrogen-bond acceptors (Lipinski definition) is 3. The van der Waals surface area contributed by atoms with Crippen molar-refractivity contribution < 1.29 is 9.18 Å². The third-order valence-corrected chi connectivity index (χ3v) is 7.32. The first kappa shape index (κ1) is 23.0. The summed E-state index contributed by atoms with van der Waals surface area (Å²) < 4.78 is 13.4. The molecule has 1 saturated heterocycles. The van der Waals surface area contributed by atoms with Crippen molar-refractivity contribution in [2.45, 2.75) is 11.8 Å². The van der Waals surface area contributed by atoms with Crippen molar-refractivity contribution in [2.75, 3.05) is 37.3 Å². The van der Waals surface area contributed by atoms with Crippen LogP contribution in [0.5, 0.6) is 0 Å². The lowest BCUT2D eigenvalue weighted by Crippen LogP contribution is -2.49. The molecular formula is C25H23Cl2FN2OS. The maximum atomic E-state index is 13.5. The highest BCUT2D eigenvalue weighted by molar-refractivity contribution is 7.98. The smallest absolute Gasteiger partial charge is 0.254 e. The predicted molar refractivity (Wildman–Crippen MR) is 133 cm³/mol. The molecule has 32 heavy (non-hydrogen) atoms. The summed E-state index contributed by atoms with van der Waals surface area (Å²) in [4.78, 5) is 18.6. The monoisotopic (exact) mass is 488 g/mol. The predicted octanol–water partition coefficient (Wildman–Crippen LogP) is 6.79. The van der Waals surface area contributed by atoms with Crippen LogP contribution in [0.1, 0.15) is 15.9 Å². The Bertz CT molecular complexity index is 1120. The molecular weight excluding hydrogens is 466 g/mol.